The minimum Gasteiger partial charge on any atom is -0.317 e. The molecule has 1 spiro atoms. The van der Waals surface area contributed by atoms with Crippen LogP contribution in [0, 0.1) is 11.3 Å². The Hall–Kier alpha value is -0.290. The fraction of sp³-hybridized carbons (Fsp3) is 1.00. The van der Waals surface area contributed by atoms with Crippen LogP contribution in [-0.4, -0.2) is 32.4 Å². The summed E-state index contributed by atoms with van der Waals surface area (Å²) in [4.78, 5) is 0. The van der Waals surface area contributed by atoms with Gasteiger partial charge in [-0.3, -0.25) is 0 Å². The van der Waals surface area contributed by atoms with Crippen molar-refractivity contribution in [1.29, 1.82) is 0 Å². The van der Waals surface area contributed by atoms with E-state index in [4.69, 9.17) is 0 Å². The predicted molar refractivity (Wildman–Crippen MR) is 51.6 cm³/mol. The molecule has 0 aromatic rings. The number of piperidine rings is 2. The monoisotopic (exact) mass is 222 g/mol. The van der Waals surface area contributed by atoms with E-state index in [1.807, 2.05) is 0 Å². The van der Waals surface area contributed by atoms with Crippen LogP contribution in [0.3, 0.4) is 0 Å². The van der Waals surface area contributed by atoms with Crippen molar-refractivity contribution < 1.29 is 13.2 Å². The van der Waals surface area contributed by atoms with Gasteiger partial charge in [0.15, 0.2) is 0 Å². The molecule has 0 unspecified atom stereocenters. The highest BCUT2D eigenvalue weighted by molar-refractivity contribution is 4.97. The van der Waals surface area contributed by atoms with Crippen LogP contribution in [0.2, 0.25) is 0 Å². The molecule has 5 heteroatoms. The van der Waals surface area contributed by atoms with Crippen molar-refractivity contribution in [3.63, 3.8) is 0 Å². The third-order valence-corrected chi connectivity index (χ3v) is 3.82. The standard InChI is InChI=1S/C10H17F3N2/c11-10(12,13)8-1-4-15-7-9(8)2-5-14-6-3-9/h8,14-15H,1-7H2/t8-/m1/s1. The van der Waals surface area contributed by atoms with Crippen LogP contribution in [0.1, 0.15) is 19.3 Å². The summed E-state index contributed by atoms with van der Waals surface area (Å²) in [7, 11) is 0. The lowest BCUT2D eigenvalue weighted by Gasteiger charge is -2.47. The SMILES string of the molecule is FC(F)(F)[C@@H]1CCNCC12CCNCC2. The first kappa shape index (κ1) is 11.2. The first-order chi connectivity index (χ1) is 7.05. The van der Waals surface area contributed by atoms with E-state index in [1.54, 1.807) is 0 Å². The van der Waals surface area contributed by atoms with Crippen molar-refractivity contribution in [1.82, 2.24) is 10.6 Å². The van der Waals surface area contributed by atoms with Gasteiger partial charge >= 0.3 is 6.18 Å². The molecule has 0 saturated carbocycles. The van der Waals surface area contributed by atoms with E-state index in [2.05, 4.69) is 10.6 Å². The Bertz CT molecular complexity index is 213. The van der Waals surface area contributed by atoms with Crippen molar-refractivity contribution in [3.8, 4) is 0 Å². The first-order valence-corrected chi connectivity index (χ1v) is 5.53. The van der Waals surface area contributed by atoms with Crippen LogP contribution in [-0.2, 0) is 0 Å². The maximum atomic E-state index is 12.9. The fourth-order valence-electron chi connectivity index (χ4n) is 2.97. The molecule has 2 aliphatic rings. The summed E-state index contributed by atoms with van der Waals surface area (Å²) in [5.74, 6) is -1.10. The van der Waals surface area contributed by atoms with E-state index in [9.17, 15) is 13.2 Å². The van der Waals surface area contributed by atoms with Gasteiger partial charge in [-0.15, -0.1) is 0 Å². The summed E-state index contributed by atoms with van der Waals surface area (Å²) in [6, 6.07) is 0. The maximum Gasteiger partial charge on any atom is 0.392 e. The Labute approximate surface area is 87.6 Å². The lowest BCUT2D eigenvalue weighted by atomic mass is 9.65. The molecular formula is C10H17F3N2. The van der Waals surface area contributed by atoms with Crippen molar-refractivity contribution in [2.75, 3.05) is 26.2 Å². The van der Waals surface area contributed by atoms with Gasteiger partial charge in [-0.25, -0.2) is 0 Å². The van der Waals surface area contributed by atoms with Crippen LogP contribution < -0.4 is 10.6 Å². The Kier molecular flexibility index (Phi) is 2.94. The zero-order valence-electron chi connectivity index (χ0n) is 8.66. The Morgan fingerprint density at radius 2 is 1.67 bits per heavy atom. The maximum absolute atomic E-state index is 12.9. The molecule has 2 rings (SSSR count). The normalized spacial score (nSPS) is 31.8. The third kappa shape index (κ3) is 2.13. The molecular weight excluding hydrogens is 205 g/mol. The lowest BCUT2D eigenvalue weighted by molar-refractivity contribution is -0.218. The summed E-state index contributed by atoms with van der Waals surface area (Å²) in [5.41, 5.74) is -0.540. The highest BCUT2D eigenvalue weighted by atomic mass is 19.4. The van der Waals surface area contributed by atoms with Crippen molar-refractivity contribution in [2.45, 2.75) is 25.4 Å². The molecule has 0 aromatic carbocycles. The van der Waals surface area contributed by atoms with Gasteiger partial charge in [-0.2, -0.15) is 13.2 Å². The number of alkyl halides is 3. The highest BCUT2D eigenvalue weighted by Gasteiger charge is 2.54. The van der Waals surface area contributed by atoms with Gasteiger partial charge in [0.2, 0.25) is 0 Å². The Morgan fingerprint density at radius 3 is 2.27 bits per heavy atom. The van der Waals surface area contributed by atoms with E-state index in [0.29, 0.717) is 39.0 Å². The van der Waals surface area contributed by atoms with Gasteiger partial charge in [-0.05, 0) is 44.3 Å². The molecule has 15 heavy (non-hydrogen) atoms. The third-order valence-electron chi connectivity index (χ3n) is 3.82. The van der Waals surface area contributed by atoms with Crippen molar-refractivity contribution in [3.05, 3.63) is 0 Å². The van der Waals surface area contributed by atoms with Crippen LogP contribution in [0.4, 0.5) is 13.2 Å². The minimum atomic E-state index is -4.03. The van der Waals surface area contributed by atoms with Crippen LogP contribution in [0.25, 0.3) is 0 Å². The number of hydrogen-bond acceptors (Lipinski definition) is 2. The average Bonchev–Trinajstić information content (AvgIpc) is 2.18. The zero-order valence-corrected chi connectivity index (χ0v) is 8.66. The minimum absolute atomic E-state index is 0.240. The second kappa shape index (κ2) is 3.94. The summed E-state index contributed by atoms with van der Waals surface area (Å²) < 4.78 is 38.8. The molecule has 0 aliphatic carbocycles. The lowest BCUT2D eigenvalue weighted by Crippen LogP contribution is -2.55. The smallest absolute Gasteiger partial charge is 0.317 e. The first-order valence-electron chi connectivity index (χ1n) is 5.53. The molecule has 0 bridgehead atoms. The largest absolute Gasteiger partial charge is 0.392 e. The van der Waals surface area contributed by atoms with E-state index >= 15 is 0 Å². The fourth-order valence-corrected chi connectivity index (χ4v) is 2.97. The van der Waals surface area contributed by atoms with Gasteiger partial charge in [0, 0.05) is 6.54 Å². The molecule has 1 atom stereocenters. The van der Waals surface area contributed by atoms with Crippen molar-refractivity contribution in [2.24, 2.45) is 11.3 Å². The number of halogens is 3. The molecule has 2 nitrogen and oxygen atoms in total. The van der Waals surface area contributed by atoms with Gasteiger partial charge in [0.25, 0.3) is 0 Å². The number of rotatable bonds is 0. The highest BCUT2D eigenvalue weighted by Crippen LogP contribution is 2.48. The molecule has 2 aliphatic heterocycles. The summed E-state index contributed by atoms with van der Waals surface area (Å²) in [6.07, 6.45) is -2.50. The molecule has 2 heterocycles. The van der Waals surface area contributed by atoms with Gasteiger partial charge in [-0.1, -0.05) is 0 Å². The van der Waals surface area contributed by atoms with Crippen LogP contribution in [0.15, 0.2) is 0 Å². The van der Waals surface area contributed by atoms with Gasteiger partial charge in [0.1, 0.15) is 0 Å². The molecule has 2 saturated heterocycles. The van der Waals surface area contributed by atoms with Crippen molar-refractivity contribution >= 4 is 0 Å². The van der Waals surface area contributed by atoms with E-state index < -0.39 is 17.5 Å². The summed E-state index contributed by atoms with van der Waals surface area (Å²) in [5, 5.41) is 6.25. The average molecular weight is 222 g/mol. The second-order valence-corrected chi connectivity index (χ2v) is 4.67. The van der Waals surface area contributed by atoms with Gasteiger partial charge < -0.3 is 10.6 Å². The molecule has 0 radical (unpaired) electrons. The topological polar surface area (TPSA) is 24.1 Å². The van der Waals surface area contributed by atoms with E-state index in [0.717, 1.165) is 0 Å². The van der Waals surface area contributed by atoms with Crippen LogP contribution >= 0.6 is 0 Å². The molecule has 2 N–H and O–H groups in total. The summed E-state index contributed by atoms with van der Waals surface area (Å²) in [6.45, 7) is 2.46. The predicted octanol–water partition coefficient (Wildman–Crippen LogP) is 1.53. The molecule has 2 fully saturated rings. The molecule has 0 aromatic heterocycles. The van der Waals surface area contributed by atoms with E-state index in [-0.39, 0.29) is 6.42 Å². The Morgan fingerprint density at radius 1 is 1.00 bits per heavy atom. The number of hydrogen-bond donors (Lipinski definition) is 2. The summed E-state index contributed by atoms with van der Waals surface area (Å²) >= 11 is 0. The molecule has 0 amide bonds. The molecule has 88 valence electrons. The Balaban J connectivity index is 2.17. The number of nitrogens with one attached hydrogen (secondary N) is 2. The zero-order chi connectivity index (χ0) is 10.9. The van der Waals surface area contributed by atoms with E-state index in [1.165, 1.54) is 0 Å². The van der Waals surface area contributed by atoms with Crippen LogP contribution in [0.5, 0.6) is 0 Å². The second-order valence-electron chi connectivity index (χ2n) is 4.67. The van der Waals surface area contributed by atoms with Gasteiger partial charge in [0.05, 0.1) is 5.92 Å². The quantitative estimate of drug-likeness (QED) is 0.649.